The summed E-state index contributed by atoms with van der Waals surface area (Å²) in [6.45, 7) is 3.46. The van der Waals surface area contributed by atoms with E-state index in [0.29, 0.717) is 6.04 Å². The summed E-state index contributed by atoms with van der Waals surface area (Å²) in [5, 5.41) is 3.53. The van der Waals surface area contributed by atoms with Gasteiger partial charge < -0.3 is 10.2 Å². The summed E-state index contributed by atoms with van der Waals surface area (Å²) in [5.74, 6) is 0. The average Bonchev–Trinajstić information content (AvgIpc) is 2.85. The molecule has 1 heterocycles. The minimum Gasteiger partial charge on any atom is -0.382 e. The van der Waals surface area contributed by atoms with Crippen molar-refractivity contribution in [3.05, 3.63) is 29.3 Å². The first-order valence-electron chi connectivity index (χ1n) is 8.31. The van der Waals surface area contributed by atoms with Crippen LogP contribution in [0.25, 0.3) is 0 Å². The SMILES string of the molecule is CC1Cc2cc(CCN(C)C3CCCCC3)ccc2N1. The molecule has 1 aromatic rings. The van der Waals surface area contributed by atoms with Gasteiger partial charge in [-0.3, -0.25) is 0 Å². The summed E-state index contributed by atoms with van der Waals surface area (Å²) in [6, 6.07) is 8.43. The van der Waals surface area contributed by atoms with Crippen LogP contribution in [0.1, 0.15) is 50.2 Å². The molecule has 3 rings (SSSR count). The van der Waals surface area contributed by atoms with E-state index in [-0.39, 0.29) is 0 Å². The van der Waals surface area contributed by atoms with E-state index in [4.69, 9.17) is 0 Å². The zero-order valence-electron chi connectivity index (χ0n) is 13.0. The molecule has 2 aliphatic rings. The zero-order valence-corrected chi connectivity index (χ0v) is 13.0. The van der Waals surface area contributed by atoms with Gasteiger partial charge in [0.2, 0.25) is 0 Å². The minimum atomic E-state index is 0.602. The second-order valence-electron chi connectivity index (χ2n) is 6.76. The summed E-state index contributed by atoms with van der Waals surface area (Å²) >= 11 is 0. The molecule has 1 aromatic carbocycles. The predicted molar refractivity (Wildman–Crippen MR) is 86.4 cm³/mol. The Morgan fingerprint density at radius 3 is 2.80 bits per heavy atom. The number of anilines is 1. The Kier molecular flexibility index (Phi) is 4.30. The number of hydrogen-bond donors (Lipinski definition) is 1. The molecule has 1 unspecified atom stereocenters. The summed E-state index contributed by atoms with van der Waals surface area (Å²) in [4.78, 5) is 2.59. The molecule has 1 aliphatic heterocycles. The lowest BCUT2D eigenvalue weighted by atomic mass is 9.94. The highest BCUT2D eigenvalue weighted by Gasteiger charge is 2.19. The van der Waals surface area contributed by atoms with Gasteiger partial charge in [0, 0.05) is 24.3 Å². The van der Waals surface area contributed by atoms with Crippen LogP contribution in [0.3, 0.4) is 0 Å². The van der Waals surface area contributed by atoms with Crippen LogP contribution in [0.5, 0.6) is 0 Å². The Balaban J connectivity index is 1.54. The topological polar surface area (TPSA) is 15.3 Å². The Labute approximate surface area is 123 Å². The largest absolute Gasteiger partial charge is 0.382 e. The highest BCUT2D eigenvalue weighted by molar-refractivity contribution is 5.57. The minimum absolute atomic E-state index is 0.602. The lowest BCUT2D eigenvalue weighted by Crippen LogP contribution is -2.34. The van der Waals surface area contributed by atoms with E-state index < -0.39 is 0 Å². The summed E-state index contributed by atoms with van der Waals surface area (Å²) in [5.41, 5.74) is 4.36. The van der Waals surface area contributed by atoms with Crippen LogP contribution in [0.15, 0.2) is 18.2 Å². The second-order valence-corrected chi connectivity index (χ2v) is 6.76. The molecule has 0 spiro atoms. The molecule has 110 valence electrons. The van der Waals surface area contributed by atoms with Gasteiger partial charge in [0.15, 0.2) is 0 Å². The average molecular weight is 272 g/mol. The van der Waals surface area contributed by atoms with Crippen molar-refractivity contribution >= 4 is 5.69 Å². The number of benzene rings is 1. The maximum absolute atomic E-state index is 3.53. The number of nitrogens with zero attached hydrogens (tertiary/aromatic N) is 1. The molecule has 1 fully saturated rings. The first-order chi connectivity index (χ1) is 9.72. The fourth-order valence-corrected chi connectivity index (χ4v) is 3.77. The fourth-order valence-electron chi connectivity index (χ4n) is 3.77. The molecular weight excluding hydrogens is 244 g/mol. The van der Waals surface area contributed by atoms with Crippen LogP contribution < -0.4 is 5.32 Å². The van der Waals surface area contributed by atoms with Gasteiger partial charge in [-0.25, -0.2) is 0 Å². The van der Waals surface area contributed by atoms with E-state index >= 15 is 0 Å². The monoisotopic (exact) mass is 272 g/mol. The predicted octanol–water partition coefficient (Wildman–Crippen LogP) is 3.85. The van der Waals surface area contributed by atoms with Gasteiger partial charge in [-0.15, -0.1) is 0 Å². The van der Waals surface area contributed by atoms with Crippen LogP contribution in [0.4, 0.5) is 5.69 Å². The molecule has 1 atom stereocenters. The van der Waals surface area contributed by atoms with Gasteiger partial charge in [-0.2, -0.15) is 0 Å². The first kappa shape index (κ1) is 13.9. The highest BCUT2D eigenvalue weighted by Crippen LogP contribution is 2.27. The van der Waals surface area contributed by atoms with Gasteiger partial charge >= 0.3 is 0 Å². The van der Waals surface area contributed by atoms with Crippen molar-refractivity contribution in [3.63, 3.8) is 0 Å². The normalized spacial score (nSPS) is 22.9. The van der Waals surface area contributed by atoms with E-state index in [2.05, 4.69) is 42.4 Å². The standard InChI is InChI=1S/C18H28N2/c1-14-12-16-13-15(8-9-18(16)19-14)10-11-20(2)17-6-4-3-5-7-17/h8-9,13-14,17,19H,3-7,10-12H2,1-2H3. The van der Waals surface area contributed by atoms with Crippen LogP contribution >= 0.6 is 0 Å². The molecule has 0 amide bonds. The van der Waals surface area contributed by atoms with Gasteiger partial charge in [-0.1, -0.05) is 31.4 Å². The zero-order chi connectivity index (χ0) is 13.9. The molecule has 0 aromatic heterocycles. The van der Waals surface area contributed by atoms with Crippen molar-refractivity contribution in [3.8, 4) is 0 Å². The van der Waals surface area contributed by atoms with Crippen molar-refractivity contribution in [1.82, 2.24) is 4.90 Å². The molecular formula is C18H28N2. The van der Waals surface area contributed by atoms with E-state index in [1.807, 2.05) is 0 Å². The lowest BCUT2D eigenvalue weighted by molar-refractivity contribution is 0.194. The highest BCUT2D eigenvalue weighted by atomic mass is 15.1. The lowest BCUT2D eigenvalue weighted by Gasteiger charge is -2.31. The van der Waals surface area contributed by atoms with Gasteiger partial charge in [0.05, 0.1) is 0 Å². The maximum atomic E-state index is 3.53. The second kappa shape index (κ2) is 6.17. The molecule has 1 saturated carbocycles. The number of likely N-dealkylation sites (N-methyl/N-ethyl adjacent to an activating group) is 1. The van der Waals surface area contributed by atoms with Crippen LogP contribution in [0.2, 0.25) is 0 Å². The Hall–Kier alpha value is -1.02. The third kappa shape index (κ3) is 3.17. The Morgan fingerprint density at radius 2 is 2.00 bits per heavy atom. The van der Waals surface area contributed by atoms with Crippen molar-refractivity contribution in [1.29, 1.82) is 0 Å². The molecule has 1 N–H and O–H groups in total. The molecule has 0 saturated heterocycles. The summed E-state index contributed by atoms with van der Waals surface area (Å²) in [7, 11) is 2.31. The molecule has 2 heteroatoms. The Morgan fingerprint density at radius 1 is 1.20 bits per heavy atom. The summed E-state index contributed by atoms with van der Waals surface area (Å²) < 4.78 is 0. The van der Waals surface area contributed by atoms with E-state index in [1.54, 1.807) is 0 Å². The molecule has 2 nitrogen and oxygen atoms in total. The molecule has 1 aliphatic carbocycles. The quantitative estimate of drug-likeness (QED) is 0.895. The third-order valence-corrected chi connectivity index (χ3v) is 5.05. The van der Waals surface area contributed by atoms with Crippen molar-refractivity contribution < 1.29 is 0 Å². The third-order valence-electron chi connectivity index (χ3n) is 5.05. The smallest absolute Gasteiger partial charge is 0.0375 e. The number of nitrogens with one attached hydrogen (secondary N) is 1. The van der Waals surface area contributed by atoms with E-state index in [0.717, 1.165) is 6.04 Å². The van der Waals surface area contributed by atoms with Gasteiger partial charge in [0.25, 0.3) is 0 Å². The van der Waals surface area contributed by atoms with Crippen molar-refractivity contribution in [2.24, 2.45) is 0 Å². The van der Waals surface area contributed by atoms with Crippen LogP contribution in [-0.2, 0) is 12.8 Å². The molecule has 20 heavy (non-hydrogen) atoms. The summed E-state index contributed by atoms with van der Waals surface area (Å²) in [6.07, 6.45) is 9.48. The molecule has 0 radical (unpaired) electrons. The Bertz CT molecular complexity index is 449. The first-order valence-corrected chi connectivity index (χ1v) is 8.31. The van der Waals surface area contributed by atoms with E-state index in [9.17, 15) is 0 Å². The van der Waals surface area contributed by atoms with Crippen molar-refractivity contribution in [2.75, 3.05) is 18.9 Å². The number of hydrogen-bond acceptors (Lipinski definition) is 2. The number of rotatable bonds is 4. The van der Waals surface area contributed by atoms with Gasteiger partial charge in [0.1, 0.15) is 0 Å². The van der Waals surface area contributed by atoms with Gasteiger partial charge in [-0.05, 0) is 56.8 Å². The molecule has 0 bridgehead atoms. The maximum Gasteiger partial charge on any atom is 0.0375 e. The fraction of sp³-hybridized carbons (Fsp3) is 0.667. The van der Waals surface area contributed by atoms with Crippen LogP contribution in [0, 0.1) is 0 Å². The van der Waals surface area contributed by atoms with Crippen LogP contribution in [-0.4, -0.2) is 30.6 Å². The van der Waals surface area contributed by atoms with E-state index in [1.165, 1.54) is 68.3 Å². The number of fused-ring (bicyclic) bond motifs is 1. The van der Waals surface area contributed by atoms with Crippen molar-refractivity contribution in [2.45, 2.75) is 64.0 Å².